The first kappa shape index (κ1) is 15.0. The highest BCUT2D eigenvalue weighted by atomic mass is 16.3. The van der Waals surface area contributed by atoms with Crippen LogP contribution in [0.2, 0.25) is 0 Å². The second kappa shape index (κ2) is 5.92. The van der Waals surface area contributed by atoms with Gasteiger partial charge in [-0.2, -0.15) is 0 Å². The van der Waals surface area contributed by atoms with Gasteiger partial charge in [0.2, 0.25) is 0 Å². The van der Waals surface area contributed by atoms with Crippen molar-refractivity contribution in [2.45, 2.75) is 0 Å². The summed E-state index contributed by atoms with van der Waals surface area (Å²) >= 11 is 0. The third-order valence-electron chi connectivity index (χ3n) is 4.77. The molecule has 0 atom stereocenters. The standard InChI is InChI=1S/C24H15BO/c25-20-13-18(16-6-2-1-3-7-16)12-19(14-20)17-10-11-22-21-8-4-5-9-23(21)26-24(22)15-17/h1-15H. The molecule has 4 aromatic carbocycles. The predicted molar refractivity (Wildman–Crippen MR) is 110 cm³/mol. The third-order valence-corrected chi connectivity index (χ3v) is 4.77. The summed E-state index contributed by atoms with van der Waals surface area (Å²) in [6, 6.07) is 31.0. The van der Waals surface area contributed by atoms with E-state index in [0.29, 0.717) is 0 Å². The molecule has 1 nitrogen and oxygen atoms in total. The van der Waals surface area contributed by atoms with Gasteiger partial charge in [0.25, 0.3) is 0 Å². The summed E-state index contributed by atoms with van der Waals surface area (Å²) in [5.41, 5.74) is 7.03. The van der Waals surface area contributed by atoms with Gasteiger partial charge in [0, 0.05) is 10.8 Å². The van der Waals surface area contributed by atoms with Crippen molar-refractivity contribution in [3.8, 4) is 22.3 Å². The minimum atomic E-state index is 0.756. The maximum atomic E-state index is 6.18. The normalized spacial score (nSPS) is 11.2. The Morgan fingerprint density at radius 1 is 0.500 bits per heavy atom. The molecule has 0 saturated heterocycles. The maximum Gasteiger partial charge on any atom is 0.136 e. The lowest BCUT2D eigenvalue weighted by molar-refractivity contribution is 0.669. The van der Waals surface area contributed by atoms with E-state index >= 15 is 0 Å². The van der Waals surface area contributed by atoms with Crippen LogP contribution in [0, 0.1) is 0 Å². The molecule has 26 heavy (non-hydrogen) atoms. The van der Waals surface area contributed by atoms with E-state index in [1.165, 1.54) is 0 Å². The van der Waals surface area contributed by atoms with E-state index in [0.717, 1.165) is 49.7 Å². The summed E-state index contributed by atoms with van der Waals surface area (Å²) in [6.07, 6.45) is 0. The fourth-order valence-corrected chi connectivity index (χ4v) is 3.52. The molecule has 0 fully saturated rings. The fraction of sp³-hybridized carbons (Fsp3) is 0. The van der Waals surface area contributed by atoms with Crippen LogP contribution in [0.15, 0.2) is 95.4 Å². The molecule has 120 valence electrons. The lowest BCUT2D eigenvalue weighted by Crippen LogP contribution is -2.02. The molecular formula is C24H15BO. The first-order valence-corrected chi connectivity index (χ1v) is 8.66. The van der Waals surface area contributed by atoms with Gasteiger partial charge in [0.05, 0.1) is 0 Å². The number of para-hydroxylation sites is 1. The van der Waals surface area contributed by atoms with Gasteiger partial charge in [-0.1, -0.05) is 72.2 Å². The van der Waals surface area contributed by atoms with Crippen LogP contribution < -0.4 is 5.46 Å². The Morgan fingerprint density at radius 3 is 2.04 bits per heavy atom. The number of rotatable bonds is 2. The van der Waals surface area contributed by atoms with Crippen LogP contribution in [0.25, 0.3) is 44.2 Å². The first-order valence-electron chi connectivity index (χ1n) is 8.66. The highest BCUT2D eigenvalue weighted by molar-refractivity contribution is 6.33. The number of benzene rings is 4. The zero-order chi connectivity index (χ0) is 17.5. The van der Waals surface area contributed by atoms with Crippen molar-refractivity contribution >= 4 is 35.2 Å². The van der Waals surface area contributed by atoms with E-state index in [1.807, 2.05) is 48.5 Å². The maximum absolute atomic E-state index is 6.18. The minimum Gasteiger partial charge on any atom is -0.456 e. The molecule has 2 radical (unpaired) electrons. The third kappa shape index (κ3) is 2.51. The lowest BCUT2D eigenvalue weighted by atomic mass is 9.88. The first-order chi connectivity index (χ1) is 12.8. The van der Waals surface area contributed by atoms with Gasteiger partial charge in [-0.3, -0.25) is 0 Å². The number of hydrogen-bond donors (Lipinski definition) is 0. The topological polar surface area (TPSA) is 13.1 Å². The second-order valence-corrected chi connectivity index (χ2v) is 6.52. The quantitative estimate of drug-likeness (QED) is 0.378. The summed E-state index contributed by atoms with van der Waals surface area (Å²) in [5, 5.41) is 2.28. The Labute approximate surface area is 153 Å². The van der Waals surface area contributed by atoms with E-state index in [2.05, 4.69) is 42.5 Å². The summed E-state index contributed by atoms with van der Waals surface area (Å²) in [4.78, 5) is 0. The van der Waals surface area contributed by atoms with Crippen LogP contribution in [0.3, 0.4) is 0 Å². The van der Waals surface area contributed by atoms with Crippen molar-refractivity contribution in [2.75, 3.05) is 0 Å². The Morgan fingerprint density at radius 2 is 1.19 bits per heavy atom. The molecule has 2 heteroatoms. The van der Waals surface area contributed by atoms with E-state index < -0.39 is 0 Å². The van der Waals surface area contributed by atoms with Gasteiger partial charge in [-0.05, 0) is 46.5 Å². The number of fused-ring (bicyclic) bond motifs is 3. The summed E-state index contributed by atoms with van der Waals surface area (Å²) < 4.78 is 6.03. The average Bonchev–Trinajstić information content (AvgIpc) is 3.06. The Balaban J connectivity index is 1.67. The van der Waals surface area contributed by atoms with Crippen molar-refractivity contribution in [1.82, 2.24) is 0 Å². The molecule has 5 aromatic rings. The summed E-state index contributed by atoms with van der Waals surface area (Å²) in [7, 11) is 6.18. The number of furan rings is 1. The summed E-state index contributed by atoms with van der Waals surface area (Å²) in [5.74, 6) is 0. The van der Waals surface area contributed by atoms with Crippen molar-refractivity contribution in [2.24, 2.45) is 0 Å². The lowest BCUT2D eigenvalue weighted by Gasteiger charge is -2.09. The van der Waals surface area contributed by atoms with Crippen LogP contribution in [0.4, 0.5) is 0 Å². The Hall–Kier alpha value is -3.26. The molecule has 0 N–H and O–H groups in total. The second-order valence-electron chi connectivity index (χ2n) is 6.52. The van der Waals surface area contributed by atoms with Gasteiger partial charge < -0.3 is 4.42 Å². The van der Waals surface area contributed by atoms with Crippen molar-refractivity contribution in [1.29, 1.82) is 0 Å². The zero-order valence-electron chi connectivity index (χ0n) is 14.1. The van der Waals surface area contributed by atoms with Crippen molar-refractivity contribution in [3.05, 3.63) is 91.0 Å². The molecule has 1 heterocycles. The largest absolute Gasteiger partial charge is 0.456 e. The molecule has 0 aliphatic rings. The van der Waals surface area contributed by atoms with Crippen molar-refractivity contribution in [3.63, 3.8) is 0 Å². The number of hydrogen-bond acceptors (Lipinski definition) is 1. The molecule has 5 rings (SSSR count). The van der Waals surface area contributed by atoms with Crippen LogP contribution in [-0.4, -0.2) is 7.85 Å². The molecule has 0 aliphatic heterocycles. The molecule has 0 spiro atoms. The van der Waals surface area contributed by atoms with Crippen molar-refractivity contribution < 1.29 is 4.42 Å². The average molecular weight is 330 g/mol. The smallest absolute Gasteiger partial charge is 0.136 e. The van der Waals surface area contributed by atoms with Crippen LogP contribution in [0.1, 0.15) is 0 Å². The fourth-order valence-electron chi connectivity index (χ4n) is 3.52. The molecule has 1 aromatic heterocycles. The van der Waals surface area contributed by atoms with Gasteiger partial charge in [0.1, 0.15) is 19.0 Å². The molecule has 0 aliphatic carbocycles. The molecular weight excluding hydrogens is 315 g/mol. The van der Waals surface area contributed by atoms with E-state index in [-0.39, 0.29) is 0 Å². The highest BCUT2D eigenvalue weighted by Crippen LogP contribution is 2.33. The SMILES string of the molecule is [B]c1cc(-c2ccccc2)cc(-c2ccc3c(c2)oc2ccccc23)c1. The van der Waals surface area contributed by atoms with E-state index in [1.54, 1.807) is 0 Å². The Bertz CT molecular complexity index is 1240. The molecule has 0 unspecified atom stereocenters. The van der Waals surface area contributed by atoms with Gasteiger partial charge in [0.15, 0.2) is 0 Å². The molecule has 0 amide bonds. The van der Waals surface area contributed by atoms with Gasteiger partial charge >= 0.3 is 0 Å². The van der Waals surface area contributed by atoms with Gasteiger partial charge in [-0.25, -0.2) is 0 Å². The van der Waals surface area contributed by atoms with Crippen LogP contribution in [0.5, 0.6) is 0 Å². The molecule has 0 saturated carbocycles. The van der Waals surface area contributed by atoms with Crippen LogP contribution >= 0.6 is 0 Å². The molecule has 0 bridgehead atoms. The van der Waals surface area contributed by atoms with Crippen LogP contribution in [-0.2, 0) is 0 Å². The predicted octanol–water partition coefficient (Wildman–Crippen LogP) is 5.71. The highest BCUT2D eigenvalue weighted by Gasteiger charge is 2.09. The Kier molecular flexibility index (Phi) is 3.43. The monoisotopic (exact) mass is 330 g/mol. The van der Waals surface area contributed by atoms with Gasteiger partial charge in [-0.15, -0.1) is 0 Å². The van der Waals surface area contributed by atoms with E-state index in [4.69, 9.17) is 12.3 Å². The summed E-state index contributed by atoms with van der Waals surface area (Å²) in [6.45, 7) is 0. The minimum absolute atomic E-state index is 0.756. The van der Waals surface area contributed by atoms with E-state index in [9.17, 15) is 0 Å². The zero-order valence-corrected chi connectivity index (χ0v) is 14.1.